The van der Waals surface area contributed by atoms with Gasteiger partial charge in [-0.25, -0.2) is 10.2 Å². The van der Waals surface area contributed by atoms with Gasteiger partial charge in [0, 0.05) is 5.02 Å². The van der Waals surface area contributed by atoms with Crippen LogP contribution in [0.1, 0.15) is 35.7 Å². The molecule has 0 radical (unpaired) electrons. The lowest BCUT2D eigenvalue weighted by Crippen LogP contribution is -2.24. The number of carbonyl (C=O) groups is 2. The number of esters is 1. The quantitative estimate of drug-likeness (QED) is 0.133. The largest absolute Gasteiger partial charge is 0.494 e. The molecule has 3 rings (SSSR count). The highest BCUT2D eigenvalue weighted by Crippen LogP contribution is 2.18. The molecule has 3 aromatic carbocycles. The van der Waals surface area contributed by atoms with Crippen LogP contribution in [-0.2, 0) is 4.79 Å². The molecular formula is C26H25ClN2O5. The van der Waals surface area contributed by atoms with Crippen LogP contribution in [0.15, 0.2) is 77.9 Å². The Labute approximate surface area is 203 Å². The molecule has 1 amide bonds. The maximum atomic E-state index is 12.1. The summed E-state index contributed by atoms with van der Waals surface area (Å²) in [4.78, 5) is 24.1. The van der Waals surface area contributed by atoms with Gasteiger partial charge >= 0.3 is 5.97 Å². The van der Waals surface area contributed by atoms with E-state index >= 15 is 0 Å². The number of hydrogen-bond acceptors (Lipinski definition) is 6. The Hall–Kier alpha value is -3.84. The lowest BCUT2D eigenvalue weighted by molar-refractivity contribution is -0.123. The van der Waals surface area contributed by atoms with Crippen LogP contribution in [0.3, 0.4) is 0 Å². The predicted molar refractivity (Wildman–Crippen MR) is 131 cm³/mol. The van der Waals surface area contributed by atoms with Gasteiger partial charge in [0.15, 0.2) is 6.61 Å². The fraction of sp³-hybridized carbons (Fsp3) is 0.192. The van der Waals surface area contributed by atoms with Crippen molar-refractivity contribution < 1.29 is 23.8 Å². The van der Waals surface area contributed by atoms with E-state index in [1.54, 1.807) is 72.8 Å². The molecule has 0 fully saturated rings. The highest BCUT2D eigenvalue weighted by molar-refractivity contribution is 6.30. The van der Waals surface area contributed by atoms with E-state index in [1.807, 2.05) is 0 Å². The highest BCUT2D eigenvalue weighted by Gasteiger charge is 2.08. The van der Waals surface area contributed by atoms with Gasteiger partial charge in [0.2, 0.25) is 0 Å². The molecule has 0 bridgehead atoms. The molecule has 3 aromatic rings. The van der Waals surface area contributed by atoms with E-state index in [2.05, 4.69) is 17.5 Å². The Balaban J connectivity index is 1.40. The molecule has 0 saturated carbocycles. The SMILES string of the molecule is CCCCOc1ccc(OCC(=O)N/N=C\c2ccc(OC(=O)c3ccc(Cl)cc3)cc2)cc1. The number of carbonyl (C=O) groups excluding carboxylic acids is 2. The number of halogens is 1. The van der Waals surface area contributed by atoms with E-state index in [1.165, 1.54) is 6.21 Å². The molecule has 0 aromatic heterocycles. The van der Waals surface area contributed by atoms with Crippen LogP contribution >= 0.6 is 11.6 Å². The number of hydrazone groups is 1. The van der Waals surface area contributed by atoms with Crippen molar-refractivity contribution in [3.05, 3.63) is 88.9 Å². The molecule has 8 heteroatoms. The maximum absolute atomic E-state index is 12.1. The van der Waals surface area contributed by atoms with E-state index in [4.69, 9.17) is 25.8 Å². The van der Waals surface area contributed by atoms with Crippen LogP contribution in [0.5, 0.6) is 17.2 Å². The van der Waals surface area contributed by atoms with Crippen molar-refractivity contribution in [3.8, 4) is 17.2 Å². The summed E-state index contributed by atoms with van der Waals surface area (Å²) >= 11 is 5.82. The second-order valence-corrected chi connectivity index (χ2v) is 7.66. The molecule has 0 unspecified atom stereocenters. The normalized spacial score (nSPS) is 10.6. The number of benzene rings is 3. The van der Waals surface area contributed by atoms with Crippen molar-refractivity contribution in [2.75, 3.05) is 13.2 Å². The summed E-state index contributed by atoms with van der Waals surface area (Å²) in [5.41, 5.74) is 3.52. The zero-order chi connectivity index (χ0) is 24.2. The van der Waals surface area contributed by atoms with Crippen LogP contribution in [-0.4, -0.2) is 31.3 Å². The molecule has 0 aliphatic heterocycles. The number of rotatable bonds is 11. The first-order chi connectivity index (χ1) is 16.5. The first-order valence-corrected chi connectivity index (χ1v) is 11.2. The van der Waals surface area contributed by atoms with Gasteiger partial charge in [0.05, 0.1) is 18.4 Å². The van der Waals surface area contributed by atoms with E-state index in [9.17, 15) is 9.59 Å². The van der Waals surface area contributed by atoms with Crippen LogP contribution < -0.4 is 19.6 Å². The summed E-state index contributed by atoms with van der Waals surface area (Å²) in [5, 5.41) is 4.45. The number of ether oxygens (including phenoxy) is 3. The summed E-state index contributed by atoms with van der Waals surface area (Å²) in [6.45, 7) is 2.61. The Morgan fingerprint density at radius 3 is 2.15 bits per heavy atom. The topological polar surface area (TPSA) is 86.2 Å². The van der Waals surface area contributed by atoms with Gasteiger partial charge in [-0.15, -0.1) is 0 Å². The molecule has 176 valence electrons. The van der Waals surface area contributed by atoms with Crippen molar-refractivity contribution in [1.29, 1.82) is 0 Å². The molecule has 0 saturated heterocycles. The second kappa shape index (κ2) is 13.0. The Morgan fingerprint density at radius 2 is 1.50 bits per heavy atom. The Morgan fingerprint density at radius 1 is 0.882 bits per heavy atom. The number of nitrogens with zero attached hydrogens (tertiary/aromatic N) is 1. The van der Waals surface area contributed by atoms with Gasteiger partial charge in [0.25, 0.3) is 5.91 Å². The van der Waals surface area contributed by atoms with Crippen LogP contribution in [0, 0.1) is 0 Å². The summed E-state index contributed by atoms with van der Waals surface area (Å²) in [6.07, 6.45) is 3.55. The van der Waals surface area contributed by atoms with Gasteiger partial charge in [-0.1, -0.05) is 24.9 Å². The molecular weight excluding hydrogens is 456 g/mol. The minimum absolute atomic E-state index is 0.174. The van der Waals surface area contributed by atoms with Gasteiger partial charge in [-0.3, -0.25) is 4.79 Å². The average Bonchev–Trinajstić information content (AvgIpc) is 2.85. The lowest BCUT2D eigenvalue weighted by Gasteiger charge is -2.08. The van der Waals surface area contributed by atoms with Crippen molar-refractivity contribution in [2.24, 2.45) is 5.10 Å². The third-order valence-electron chi connectivity index (χ3n) is 4.53. The number of amides is 1. The molecule has 0 aliphatic carbocycles. The highest BCUT2D eigenvalue weighted by atomic mass is 35.5. The van der Waals surface area contributed by atoms with Crippen molar-refractivity contribution >= 4 is 29.7 Å². The maximum Gasteiger partial charge on any atom is 0.343 e. The number of nitrogens with one attached hydrogen (secondary N) is 1. The van der Waals surface area contributed by atoms with Crippen LogP contribution in [0.25, 0.3) is 0 Å². The monoisotopic (exact) mass is 480 g/mol. The van der Waals surface area contributed by atoms with Gasteiger partial charge < -0.3 is 14.2 Å². The number of hydrogen-bond donors (Lipinski definition) is 1. The fourth-order valence-electron chi connectivity index (χ4n) is 2.70. The summed E-state index contributed by atoms with van der Waals surface area (Å²) in [5.74, 6) is 0.833. The minimum Gasteiger partial charge on any atom is -0.494 e. The number of unbranched alkanes of at least 4 members (excludes halogenated alkanes) is 1. The van der Waals surface area contributed by atoms with Gasteiger partial charge in [-0.05, 0) is 84.8 Å². The molecule has 0 atom stereocenters. The first-order valence-electron chi connectivity index (χ1n) is 10.8. The van der Waals surface area contributed by atoms with Gasteiger partial charge in [-0.2, -0.15) is 5.10 Å². The third kappa shape index (κ3) is 8.26. The van der Waals surface area contributed by atoms with E-state index in [0.29, 0.717) is 34.3 Å². The van der Waals surface area contributed by atoms with E-state index in [-0.39, 0.29) is 6.61 Å². The molecule has 0 spiro atoms. The van der Waals surface area contributed by atoms with Crippen LogP contribution in [0.2, 0.25) is 5.02 Å². The van der Waals surface area contributed by atoms with E-state index in [0.717, 1.165) is 18.6 Å². The molecule has 0 aliphatic rings. The smallest absolute Gasteiger partial charge is 0.343 e. The minimum atomic E-state index is -0.482. The second-order valence-electron chi connectivity index (χ2n) is 7.22. The third-order valence-corrected chi connectivity index (χ3v) is 4.79. The Bertz CT molecular complexity index is 1100. The Kier molecular flexibility index (Phi) is 9.49. The molecule has 0 heterocycles. The predicted octanol–water partition coefficient (Wildman–Crippen LogP) is 5.27. The van der Waals surface area contributed by atoms with Gasteiger partial charge in [0.1, 0.15) is 17.2 Å². The lowest BCUT2D eigenvalue weighted by atomic mass is 10.2. The standard InChI is InChI=1S/C26H25ClN2O5/c1-2-3-16-32-22-12-14-23(15-13-22)33-18-25(30)29-28-17-19-4-10-24(11-5-19)34-26(31)20-6-8-21(27)9-7-20/h4-15,17H,2-3,16,18H2,1H3,(H,29,30)/b28-17-. The summed E-state index contributed by atoms with van der Waals surface area (Å²) in [7, 11) is 0. The summed E-state index contributed by atoms with van der Waals surface area (Å²) in [6, 6.07) is 20.2. The summed E-state index contributed by atoms with van der Waals surface area (Å²) < 4.78 is 16.4. The zero-order valence-corrected chi connectivity index (χ0v) is 19.5. The fourth-order valence-corrected chi connectivity index (χ4v) is 2.83. The van der Waals surface area contributed by atoms with Crippen molar-refractivity contribution in [2.45, 2.75) is 19.8 Å². The van der Waals surface area contributed by atoms with Crippen LogP contribution in [0.4, 0.5) is 0 Å². The van der Waals surface area contributed by atoms with Crippen molar-refractivity contribution in [3.63, 3.8) is 0 Å². The molecule has 7 nitrogen and oxygen atoms in total. The van der Waals surface area contributed by atoms with E-state index < -0.39 is 11.9 Å². The van der Waals surface area contributed by atoms with Crippen molar-refractivity contribution in [1.82, 2.24) is 5.43 Å². The zero-order valence-electron chi connectivity index (χ0n) is 18.7. The average molecular weight is 481 g/mol. The first kappa shape index (κ1) is 24.8. The molecule has 34 heavy (non-hydrogen) atoms. The molecule has 1 N–H and O–H groups in total.